The Morgan fingerprint density at radius 2 is 1.78 bits per heavy atom. The van der Waals surface area contributed by atoms with E-state index in [1.54, 1.807) is 11.1 Å². The molecular weight excluding hydrogens is 485 g/mol. The quantitative estimate of drug-likeness (QED) is 0.568. The molecule has 2 aliphatic rings. The number of carbonyl (C=O) groups is 1. The molecule has 2 saturated heterocycles. The third kappa shape index (κ3) is 6.94. The molecule has 37 heavy (non-hydrogen) atoms. The van der Waals surface area contributed by atoms with Crippen LogP contribution < -0.4 is 5.32 Å². The van der Waals surface area contributed by atoms with Gasteiger partial charge in [-0.25, -0.2) is 9.78 Å². The maximum atomic E-state index is 13.3. The van der Waals surface area contributed by atoms with Crippen molar-refractivity contribution in [2.45, 2.75) is 64.1 Å². The smallest absolute Gasteiger partial charge is 0.435 e. The number of ether oxygens (including phenoxy) is 1. The minimum absolute atomic E-state index is 0.107. The predicted octanol–water partition coefficient (Wildman–Crippen LogP) is 5.12. The fourth-order valence-corrected chi connectivity index (χ4v) is 4.99. The number of nitrogens with zero attached hydrogens (tertiary/aromatic N) is 5. The minimum atomic E-state index is -4.52. The average molecular weight is 523 g/mol. The van der Waals surface area contributed by atoms with Crippen molar-refractivity contribution in [1.82, 2.24) is 24.6 Å². The zero-order chi connectivity index (χ0) is 26.8. The molecule has 0 atom stereocenters. The largest absolute Gasteiger partial charge is 0.444 e. The fraction of sp³-hybridized carbons (Fsp3) is 0.654. The molecule has 11 heteroatoms. The van der Waals surface area contributed by atoms with Gasteiger partial charge in [-0.15, -0.1) is 0 Å². The maximum Gasteiger partial charge on any atom is 0.435 e. The summed E-state index contributed by atoms with van der Waals surface area (Å²) in [5.74, 6) is 0.854. The Hall–Kier alpha value is -2.82. The normalized spacial score (nSPS) is 17.9. The number of aromatic nitrogens is 3. The molecule has 0 unspecified atom stereocenters. The van der Waals surface area contributed by atoms with Gasteiger partial charge in [0.2, 0.25) is 0 Å². The average Bonchev–Trinajstić information content (AvgIpc) is 3.48. The van der Waals surface area contributed by atoms with Gasteiger partial charge < -0.3 is 19.9 Å². The topological polar surface area (TPSA) is 75.5 Å². The number of anilines is 1. The molecular formula is C26H37F3N6O2. The van der Waals surface area contributed by atoms with E-state index in [1.807, 2.05) is 26.8 Å². The molecule has 0 saturated carbocycles. The van der Waals surface area contributed by atoms with E-state index >= 15 is 0 Å². The van der Waals surface area contributed by atoms with Gasteiger partial charge in [0.1, 0.15) is 11.4 Å². The minimum Gasteiger partial charge on any atom is -0.444 e. The molecule has 2 aromatic rings. The first-order valence-electron chi connectivity index (χ1n) is 13.0. The van der Waals surface area contributed by atoms with Crippen molar-refractivity contribution in [3.8, 4) is 11.3 Å². The van der Waals surface area contributed by atoms with E-state index in [0.717, 1.165) is 43.6 Å². The molecule has 2 fully saturated rings. The lowest BCUT2D eigenvalue weighted by Gasteiger charge is -2.34. The number of nitrogens with one attached hydrogen (secondary N) is 1. The highest BCUT2D eigenvalue weighted by Crippen LogP contribution is 2.36. The molecule has 0 spiro atoms. The standard InChI is InChI=1S/C26H37F3N6O2/c1-25(2,3)37-24(36)35-12-7-18(8-13-35)20-15-19(21-16-22(26(27,28)29)32-33(21)4)17-31-23(20)30-9-14-34-10-5-6-11-34/h15-18H,5-14H2,1-4H3,(H,30,31). The molecule has 8 nitrogen and oxygen atoms in total. The summed E-state index contributed by atoms with van der Waals surface area (Å²) in [5, 5.41) is 7.12. The first-order chi connectivity index (χ1) is 17.4. The van der Waals surface area contributed by atoms with E-state index < -0.39 is 17.5 Å². The Morgan fingerprint density at radius 1 is 1.11 bits per heavy atom. The van der Waals surface area contributed by atoms with Gasteiger partial charge in [-0.05, 0) is 83.2 Å². The number of amides is 1. The van der Waals surface area contributed by atoms with E-state index in [1.165, 1.54) is 24.6 Å². The van der Waals surface area contributed by atoms with Gasteiger partial charge in [-0.3, -0.25) is 4.68 Å². The van der Waals surface area contributed by atoms with Crippen LogP contribution in [0, 0.1) is 0 Å². The van der Waals surface area contributed by atoms with Crippen LogP contribution in [-0.4, -0.2) is 75.5 Å². The van der Waals surface area contributed by atoms with E-state index in [2.05, 4.69) is 20.3 Å². The van der Waals surface area contributed by atoms with Gasteiger partial charge in [0.05, 0.1) is 5.69 Å². The van der Waals surface area contributed by atoms with E-state index in [0.29, 0.717) is 37.2 Å². The van der Waals surface area contributed by atoms with Crippen LogP contribution in [0.15, 0.2) is 18.3 Å². The second-order valence-electron chi connectivity index (χ2n) is 10.9. The SMILES string of the molecule is Cn1nc(C(F)(F)F)cc1-c1cnc(NCCN2CCCC2)c(C2CCN(C(=O)OC(C)(C)C)CC2)c1. The number of pyridine rings is 1. The van der Waals surface area contributed by atoms with Crippen LogP contribution in [-0.2, 0) is 18.0 Å². The number of hydrogen-bond donors (Lipinski definition) is 1. The summed E-state index contributed by atoms with van der Waals surface area (Å²) in [6.45, 7) is 10.5. The van der Waals surface area contributed by atoms with Crippen molar-refractivity contribution in [1.29, 1.82) is 0 Å². The summed E-state index contributed by atoms with van der Waals surface area (Å²) in [5.41, 5.74) is 0.412. The second kappa shape index (κ2) is 10.9. The summed E-state index contributed by atoms with van der Waals surface area (Å²) in [6.07, 6.45) is 0.635. The fourth-order valence-electron chi connectivity index (χ4n) is 4.99. The monoisotopic (exact) mass is 522 g/mol. The van der Waals surface area contributed by atoms with Crippen LogP contribution in [0.1, 0.15) is 63.6 Å². The Morgan fingerprint density at radius 3 is 2.38 bits per heavy atom. The summed E-state index contributed by atoms with van der Waals surface area (Å²) in [6, 6.07) is 2.99. The van der Waals surface area contributed by atoms with Crippen LogP contribution in [0.4, 0.5) is 23.8 Å². The first kappa shape index (κ1) is 27.2. The number of carbonyl (C=O) groups excluding carboxylic acids is 1. The highest BCUT2D eigenvalue weighted by molar-refractivity contribution is 5.68. The Balaban J connectivity index is 1.54. The number of piperidine rings is 1. The molecule has 0 bridgehead atoms. The second-order valence-corrected chi connectivity index (χ2v) is 10.9. The Kier molecular flexibility index (Phi) is 8.01. The van der Waals surface area contributed by atoms with Crippen LogP contribution >= 0.6 is 0 Å². The molecule has 2 aliphatic heterocycles. The number of alkyl halides is 3. The third-order valence-electron chi connectivity index (χ3n) is 6.89. The van der Waals surface area contributed by atoms with E-state index in [4.69, 9.17) is 4.74 Å². The van der Waals surface area contributed by atoms with Crippen LogP contribution in [0.3, 0.4) is 0 Å². The molecule has 4 rings (SSSR count). The summed E-state index contributed by atoms with van der Waals surface area (Å²) >= 11 is 0. The number of halogens is 3. The zero-order valence-electron chi connectivity index (χ0n) is 22.1. The van der Waals surface area contributed by atoms with Gasteiger partial charge in [0, 0.05) is 45.0 Å². The van der Waals surface area contributed by atoms with Crippen molar-refractivity contribution in [3.63, 3.8) is 0 Å². The summed E-state index contributed by atoms with van der Waals surface area (Å²) in [4.78, 5) is 21.3. The van der Waals surface area contributed by atoms with Gasteiger partial charge >= 0.3 is 12.3 Å². The van der Waals surface area contributed by atoms with Crippen molar-refractivity contribution in [3.05, 3.63) is 29.6 Å². The Labute approximate surface area is 216 Å². The molecule has 0 aliphatic carbocycles. The summed E-state index contributed by atoms with van der Waals surface area (Å²) in [7, 11) is 1.51. The van der Waals surface area contributed by atoms with Gasteiger partial charge in [-0.1, -0.05) is 0 Å². The summed E-state index contributed by atoms with van der Waals surface area (Å²) < 4.78 is 46.5. The first-order valence-corrected chi connectivity index (χ1v) is 13.0. The van der Waals surface area contributed by atoms with Crippen molar-refractivity contribution >= 4 is 11.9 Å². The molecule has 1 amide bonds. The highest BCUT2D eigenvalue weighted by atomic mass is 19.4. The number of likely N-dealkylation sites (tertiary alicyclic amines) is 2. The van der Waals surface area contributed by atoms with Crippen LogP contribution in [0.2, 0.25) is 0 Å². The van der Waals surface area contributed by atoms with E-state index in [-0.39, 0.29) is 12.0 Å². The zero-order valence-corrected chi connectivity index (χ0v) is 22.1. The molecule has 0 radical (unpaired) electrons. The lowest BCUT2D eigenvalue weighted by atomic mass is 9.88. The highest BCUT2D eigenvalue weighted by Gasteiger charge is 2.35. The molecule has 4 heterocycles. The molecule has 0 aromatic carbocycles. The Bertz CT molecular complexity index is 1080. The van der Waals surface area contributed by atoms with Crippen molar-refractivity contribution in [2.75, 3.05) is 44.6 Å². The van der Waals surface area contributed by atoms with Gasteiger partial charge in [-0.2, -0.15) is 18.3 Å². The van der Waals surface area contributed by atoms with E-state index in [9.17, 15) is 18.0 Å². The lowest BCUT2D eigenvalue weighted by molar-refractivity contribution is -0.141. The van der Waals surface area contributed by atoms with Crippen molar-refractivity contribution < 1.29 is 22.7 Å². The molecule has 204 valence electrons. The molecule has 2 aromatic heterocycles. The van der Waals surface area contributed by atoms with Gasteiger partial charge in [0.25, 0.3) is 0 Å². The van der Waals surface area contributed by atoms with Crippen molar-refractivity contribution in [2.24, 2.45) is 7.05 Å². The number of rotatable bonds is 6. The van der Waals surface area contributed by atoms with Crippen LogP contribution in [0.5, 0.6) is 0 Å². The van der Waals surface area contributed by atoms with Gasteiger partial charge in [0.15, 0.2) is 5.69 Å². The third-order valence-corrected chi connectivity index (χ3v) is 6.89. The number of aryl methyl sites for hydroxylation is 1. The number of hydrogen-bond acceptors (Lipinski definition) is 6. The predicted molar refractivity (Wildman–Crippen MR) is 135 cm³/mol. The lowest BCUT2D eigenvalue weighted by Crippen LogP contribution is -2.41. The van der Waals surface area contributed by atoms with Crippen LogP contribution in [0.25, 0.3) is 11.3 Å². The molecule has 1 N–H and O–H groups in total. The maximum absolute atomic E-state index is 13.3.